The highest BCUT2D eigenvalue weighted by Crippen LogP contribution is 2.23. The maximum absolute atomic E-state index is 12.9. The van der Waals surface area contributed by atoms with Gasteiger partial charge in [0, 0.05) is 51.0 Å². The van der Waals surface area contributed by atoms with E-state index in [4.69, 9.17) is 10.5 Å². The molecule has 0 aliphatic carbocycles. The minimum Gasteiger partial charge on any atom is -0.444 e. The summed E-state index contributed by atoms with van der Waals surface area (Å²) in [4.78, 5) is 17.0. The van der Waals surface area contributed by atoms with Crippen LogP contribution in [0.5, 0.6) is 0 Å². The Hall–Kier alpha value is -1.64. The van der Waals surface area contributed by atoms with Gasteiger partial charge in [-0.25, -0.2) is 13.3 Å². The van der Waals surface area contributed by atoms with Gasteiger partial charge in [-0.3, -0.25) is 0 Å². The number of carbonyl (C=O) groups excluding carboxylic acids is 1. The van der Waals surface area contributed by atoms with Gasteiger partial charge in [0.25, 0.3) is 0 Å². The van der Waals surface area contributed by atoms with E-state index in [1.165, 1.54) is 0 Å². The van der Waals surface area contributed by atoms with E-state index in [0.29, 0.717) is 13.1 Å². The summed E-state index contributed by atoms with van der Waals surface area (Å²) in [5, 5.41) is 0. The van der Waals surface area contributed by atoms with Crippen molar-refractivity contribution in [2.75, 3.05) is 44.2 Å². The van der Waals surface area contributed by atoms with E-state index in [1.807, 2.05) is 49.3 Å². The molecule has 0 bridgehead atoms. The largest absolute Gasteiger partial charge is 0.444 e. The van der Waals surface area contributed by atoms with Gasteiger partial charge in [-0.1, -0.05) is 6.07 Å². The van der Waals surface area contributed by atoms with E-state index in [1.54, 1.807) is 4.90 Å². The van der Waals surface area contributed by atoms with Gasteiger partial charge in [-0.15, -0.1) is 0 Å². The smallest absolute Gasteiger partial charge is 0.410 e. The molecule has 3 rings (SSSR count). The first kappa shape index (κ1) is 21.1. The molecule has 0 radical (unpaired) electrons. The monoisotopic (exact) mass is 408 g/mol. The van der Waals surface area contributed by atoms with Crippen LogP contribution in [-0.4, -0.2) is 70.4 Å². The van der Waals surface area contributed by atoms with Crippen molar-refractivity contribution in [3.05, 3.63) is 24.3 Å². The van der Waals surface area contributed by atoms with Gasteiger partial charge >= 0.3 is 6.09 Å². The fraction of sp³-hybridized carbons (Fsp3) is 0.650. The van der Waals surface area contributed by atoms with Crippen LogP contribution in [0.15, 0.2) is 29.2 Å². The Balaban J connectivity index is 1.59. The molecule has 0 saturated carbocycles. The van der Waals surface area contributed by atoms with E-state index >= 15 is 0 Å². The summed E-state index contributed by atoms with van der Waals surface area (Å²) >= 11 is 0. The average Bonchev–Trinajstić information content (AvgIpc) is 2.67. The van der Waals surface area contributed by atoms with Crippen molar-refractivity contribution in [2.45, 2.75) is 50.2 Å². The molecule has 156 valence electrons. The molecule has 1 atom stereocenters. The van der Waals surface area contributed by atoms with E-state index in [2.05, 4.69) is 4.90 Å². The first-order valence-electron chi connectivity index (χ1n) is 9.98. The van der Waals surface area contributed by atoms with E-state index in [0.717, 1.165) is 49.6 Å². The number of hydrogen-bond acceptors (Lipinski definition) is 5. The van der Waals surface area contributed by atoms with Crippen LogP contribution in [0.2, 0.25) is 0 Å². The third kappa shape index (κ3) is 5.46. The zero-order chi connectivity index (χ0) is 20.3. The minimum absolute atomic E-state index is 0.223. The Morgan fingerprint density at radius 3 is 2.36 bits per heavy atom. The Labute approximate surface area is 170 Å². The number of ether oxygens (including phenoxy) is 1. The van der Waals surface area contributed by atoms with Crippen LogP contribution in [-0.2, 0) is 15.7 Å². The molecule has 2 heterocycles. The molecule has 2 fully saturated rings. The molecule has 0 spiro atoms. The molecule has 7 nitrogen and oxygen atoms in total. The quantitative estimate of drug-likeness (QED) is 0.829. The number of hydrogen-bond donors (Lipinski definition) is 1. The van der Waals surface area contributed by atoms with Crippen LogP contribution >= 0.6 is 0 Å². The van der Waals surface area contributed by atoms with Crippen molar-refractivity contribution < 1.29 is 13.7 Å². The highest BCUT2D eigenvalue weighted by molar-refractivity contribution is 7.82. The molecule has 2 aliphatic rings. The standard InChI is InChI=1S/C20H32N4O3S/c1-20(2,3)27-19(25)23-13-11-22(12-14-23)17-5-4-6-18(15-17)28(26)24-9-7-16(21)8-10-24/h4-6,15-16H,7-14,21H2,1-3H3. The molecule has 1 amide bonds. The van der Waals surface area contributed by atoms with Crippen molar-refractivity contribution in [3.8, 4) is 0 Å². The van der Waals surface area contributed by atoms with Gasteiger partial charge < -0.3 is 20.3 Å². The number of nitrogens with two attached hydrogens (primary N) is 1. The Bertz CT molecular complexity index is 706. The van der Waals surface area contributed by atoms with Crippen LogP contribution in [0.1, 0.15) is 33.6 Å². The Kier molecular flexibility index (Phi) is 6.62. The second-order valence-corrected chi connectivity index (χ2v) is 9.95. The lowest BCUT2D eigenvalue weighted by molar-refractivity contribution is 0.0240. The first-order valence-corrected chi connectivity index (χ1v) is 11.1. The van der Waals surface area contributed by atoms with Gasteiger partial charge in [0.2, 0.25) is 0 Å². The minimum atomic E-state index is -1.16. The fourth-order valence-electron chi connectivity index (χ4n) is 3.45. The number of amides is 1. The molecule has 2 aliphatic heterocycles. The molecular weight excluding hydrogens is 376 g/mol. The highest BCUT2D eigenvalue weighted by Gasteiger charge is 2.27. The number of nitrogens with zero attached hydrogens (tertiary/aromatic N) is 3. The van der Waals surface area contributed by atoms with Crippen molar-refractivity contribution >= 4 is 22.8 Å². The maximum Gasteiger partial charge on any atom is 0.410 e. The summed E-state index contributed by atoms with van der Waals surface area (Å²) in [6, 6.07) is 8.15. The lowest BCUT2D eigenvalue weighted by Crippen LogP contribution is -2.50. The lowest BCUT2D eigenvalue weighted by atomic mass is 10.1. The zero-order valence-electron chi connectivity index (χ0n) is 17.1. The number of anilines is 1. The second kappa shape index (κ2) is 8.80. The van der Waals surface area contributed by atoms with Crippen LogP contribution in [0.4, 0.5) is 10.5 Å². The summed E-state index contributed by atoms with van der Waals surface area (Å²) in [5.74, 6) is 0. The summed E-state index contributed by atoms with van der Waals surface area (Å²) in [6.07, 6.45) is 1.51. The first-order chi connectivity index (χ1) is 13.2. The molecule has 28 heavy (non-hydrogen) atoms. The maximum atomic E-state index is 12.9. The Morgan fingerprint density at radius 1 is 1.11 bits per heavy atom. The van der Waals surface area contributed by atoms with Gasteiger partial charge in [0.1, 0.15) is 16.6 Å². The molecular formula is C20H32N4O3S. The zero-order valence-corrected chi connectivity index (χ0v) is 17.9. The molecule has 2 N–H and O–H groups in total. The number of benzene rings is 1. The molecule has 2 saturated heterocycles. The summed E-state index contributed by atoms with van der Waals surface area (Å²) in [7, 11) is -1.16. The van der Waals surface area contributed by atoms with Gasteiger partial charge in [-0.05, 0) is 51.8 Å². The average molecular weight is 409 g/mol. The van der Waals surface area contributed by atoms with Crippen molar-refractivity contribution in [2.24, 2.45) is 5.73 Å². The SMILES string of the molecule is CC(C)(C)OC(=O)N1CCN(c2cccc(S(=O)N3CCC(N)CC3)c2)CC1. The number of rotatable bonds is 3. The number of carbonyl (C=O) groups is 1. The van der Waals surface area contributed by atoms with Crippen molar-refractivity contribution in [1.82, 2.24) is 9.21 Å². The van der Waals surface area contributed by atoms with Crippen LogP contribution < -0.4 is 10.6 Å². The predicted octanol–water partition coefficient (Wildman–Crippen LogP) is 2.19. The van der Waals surface area contributed by atoms with E-state index < -0.39 is 16.6 Å². The topological polar surface area (TPSA) is 79.1 Å². The van der Waals surface area contributed by atoms with Crippen LogP contribution in [0.25, 0.3) is 0 Å². The molecule has 1 unspecified atom stereocenters. The lowest BCUT2D eigenvalue weighted by Gasteiger charge is -2.37. The molecule has 8 heteroatoms. The van der Waals surface area contributed by atoms with E-state index in [-0.39, 0.29) is 12.1 Å². The predicted molar refractivity (Wildman–Crippen MR) is 112 cm³/mol. The summed E-state index contributed by atoms with van der Waals surface area (Å²) < 4.78 is 20.4. The number of piperidine rings is 1. The third-order valence-electron chi connectivity index (χ3n) is 5.05. The summed E-state index contributed by atoms with van der Waals surface area (Å²) in [5.41, 5.74) is 6.52. The van der Waals surface area contributed by atoms with Gasteiger partial charge in [0.15, 0.2) is 0 Å². The third-order valence-corrected chi connectivity index (χ3v) is 6.54. The van der Waals surface area contributed by atoms with E-state index in [9.17, 15) is 9.00 Å². The Morgan fingerprint density at radius 2 is 1.75 bits per heavy atom. The fourth-order valence-corrected chi connectivity index (χ4v) is 4.71. The molecule has 0 aromatic heterocycles. The summed E-state index contributed by atoms with van der Waals surface area (Å²) in [6.45, 7) is 9.87. The second-order valence-electron chi connectivity index (χ2n) is 8.47. The molecule has 1 aromatic carbocycles. The normalized spacial score (nSPS) is 20.9. The van der Waals surface area contributed by atoms with Crippen molar-refractivity contribution in [3.63, 3.8) is 0 Å². The van der Waals surface area contributed by atoms with Gasteiger partial charge in [-0.2, -0.15) is 0 Å². The highest BCUT2D eigenvalue weighted by atomic mass is 32.2. The van der Waals surface area contributed by atoms with Crippen molar-refractivity contribution in [1.29, 1.82) is 0 Å². The number of piperazine rings is 1. The van der Waals surface area contributed by atoms with Gasteiger partial charge in [0.05, 0.1) is 4.90 Å². The van der Waals surface area contributed by atoms with Crippen LogP contribution in [0.3, 0.4) is 0 Å². The van der Waals surface area contributed by atoms with Crippen LogP contribution in [0, 0.1) is 0 Å². The molecule has 1 aromatic rings.